The van der Waals surface area contributed by atoms with Crippen molar-refractivity contribution in [1.82, 2.24) is 0 Å². The number of nitrogens with zero attached hydrogens (tertiary/aromatic N) is 1. The monoisotopic (exact) mass is 313 g/mol. The fraction of sp³-hybridized carbons (Fsp3) is 0.176. The van der Waals surface area contributed by atoms with Crippen LogP contribution in [0.3, 0.4) is 0 Å². The molecule has 0 spiro atoms. The van der Waals surface area contributed by atoms with Crippen molar-refractivity contribution in [2.75, 3.05) is 17.7 Å². The average Bonchev–Trinajstić information content (AvgIpc) is 2.56. The summed E-state index contributed by atoms with van der Waals surface area (Å²) in [7, 11) is 1.43. The van der Waals surface area contributed by atoms with Crippen LogP contribution in [0.2, 0.25) is 0 Å². The molecule has 2 rings (SSSR count). The number of carbonyl (C=O) groups is 1. The summed E-state index contributed by atoms with van der Waals surface area (Å²) in [6.45, 7) is 1.67. The van der Waals surface area contributed by atoms with E-state index in [1.807, 2.05) is 6.07 Å². The minimum Gasteiger partial charge on any atom is -0.494 e. The summed E-state index contributed by atoms with van der Waals surface area (Å²) in [6.07, 6.45) is 0. The Balaban J connectivity index is 2.07. The number of amides is 1. The molecule has 0 saturated heterocycles. The number of benzene rings is 2. The average molecular weight is 313 g/mol. The molecule has 118 valence electrons. The molecular weight excluding hydrogens is 297 g/mol. The zero-order chi connectivity index (χ0) is 16.8. The lowest BCUT2D eigenvalue weighted by Gasteiger charge is -2.17. The SMILES string of the molecule is COc1cc(F)ccc1NC(C)C(=O)Nc1cccc(C#N)c1. The van der Waals surface area contributed by atoms with Crippen molar-refractivity contribution in [3.05, 3.63) is 53.8 Å². The van der Waals surface area contributed by atoms with Gasteiger partial charge in [-0.15, -0.1) is 0 Å². The number of carbonyl (C=O) groups excluding carboxylic acids is 1. The van der Waals surface area contributed by atoms with E-state index >= 15 is 0 Å². The molecule has 0 fully saturated rings. The molecule has 0 saturated carbocycles. The van der Waals surface area contributed by atoms with Crippen LogP contribution in [0.15, 0.2) is 42.5 Å². The van der Waals surface area contributed by atoms with E-state index < -0.39 is 11.9 Å². The maximum absolute atomic E-state index is 13.2. The number of halogens is 1. The molecular formula is C17H16FN3O2. The van der Waals surface area contributed by atoms with Crippen molar-refractivity contribution in [3.63, 3.8) is 0 Å². The molecule has 0 aliphatic carbocycles. The largest absolute Gasteiger partial charge is 0.494 e. The molecule has 23 heavy (non-hydrogen) atoms. The van der Waals surface area contributed by atoms with Crippen molar-refractivity contribution < 1.29 is 13.9 Å². The summed E-state index contributed by atoms with van der Waals surface area (Å²) in [4.78, 5) is 12.2. The van der Waals surface area contributed by atoms with Crippen LogP contribution in [0.4, 0.5) is 15.8 Å². The van der Waals surface area contributed by atoms with Gasteiger partial charge >= 0.3 is 0 Å². The van der Waals surface area contributed by atoms with Crippen molar-refractivity contribution >= 4 is 17.3 Å². The normalized spacial score (nSPS) is 11.2. The third-order valence-electron chi connectivity index (χ3n) is 3.19. The van der Waals surface area contributed by atoms with Gasteiger partial charge in [-0.25, -0.2) is 4.39 Å². The predicted octanol–water partition coefficient (Wildman–Crippen LogP) is 3.15. The fourth-order valence-electron chi connectivity index (χ4n) is 2.00. The van der Waals surface area contributed by atoms with Gasteiger partial charge in [0.2, 0.25) is 5.91 Å². The molecule has 2 aromatic carbocycles. The maximum Gasteiger partial charge on any atom is 0.246 e. The lowest BCUT2D eigenvalue weighted by molar-refractivity contribution is -0.116. The van der Waals surface area contributed by atoms with Crippen LogP contribution in [0, 0.1) is 17.1 Å². The second-order valence-corrected chi connectivity index (χ2v) is 4.89. The van der Waals surface area contributed by atoms with E-state index in [4.69, 9.17) is 10.00 Å². The molecule has 0 bridgehead atoms. The number of nitrogens with one attached hydrogen (secondary N) is 2. The predicted molar refractivity (Wildman–Crippen MR) is 85.8 cm³/mol. The van der Waals surface area contributed by atoms with Crippen LogP contribution in [-0.2, 0) is 4.79 Å². The topological polar surface area (TPSA) is 74.2 Å². The first-order valence-corrected chi connectivity index (χ1v) is 6.94. The molecule has 0 aromatic heterocycles. The van der Waals surface area contributed by atoms with Crippen molar-refractivity contribution in [3.8, 4) is 11.8 Å². The van der Waals surface area contributed by atoms with Gasteiger partial charge in [0, 0.05) is 11.8 Å². The first kappa shape index (κ1) is 16.3. The Morgan fingerprint density at radius 1 is 1.30 bits per heavy atom. The van der Waals surface area contributed by atoms with Crippen LogP contribution < -0.4 is 15.4 Å². The van der Waals surface area contributed by atoms with E-state index in [9.17, 15) is 9.18 Å². The summed E-state index contributed by atoms with van der Waals surface area (Å²) >= 11 is 0. The van der Waals surface area contributed by atoms with Gasteiger partial charge in [0.1, 0.15) is 17.6 Å². The molecule has 1 atom stereocenters. The maximum atomic E-state index is 13.2. The zero-order valence-electron chi connectivity index (χ0n) is 12.8. The van der Waals surface area contributed by atoms with E-state index in [1.165, 1.54) is 25.3 Å². The van der Waals surface area contributed by atoms with Gasteiger partial charge in [-0.1, -0.05) is 6.07 Å². The van der Waals surface area contributed by atoms with Gasteiger partial charge in [-0.05, 0) is 37.3 Å². The summed E-state index contributed by atoms with van der Waals surface area (Å²) < 4.78 is 18.3. The number of rotatable bonds is 5. The lowest BCUT2D eigenvalue weighted by atomic mass is 10.2. The van der Waals surface area contributed by atoms with E-state index in [0.29, 0.717) is 22.7 Å². The van der Waals surface area contributed by atoms with Crippen LogP contribution in [0.5, 0.6) is 5.75 Å². The van der Waals surface area contributed by atoms with E-state index in [0.717, 1.165) is 0 Å². The molecule has 0 aliphatic heterocycles. The highest BCUT2D eigenvalue weighted by Gasteiger charge is 2.15. The van der Waals surface area contributed by atoms with E-state index in [-0.39, 0.29) is 5.91 Å². The van der Waals surface area contributed by atoms with Gasteiger partial charge in [-0.2, -0.15) is 5.26 Å². The van der Waals surface area contributed by atoms with Crippen molar-refractivity contribution in [1.29, 1.82) is 5.26 Å². The Labute approximate surface area is 133 Å². The van der Waals surface area contributed by atoms with Crippen molar-refractivity contribution in [2.45, 2.75) is 13.0 Å². The van der Waals surface area contributed by atoms with Crippen molar-refractivity contribution in [2.24, 2.45) is 0 Å². The van der Waals surface area contributed by atoms with Crippen LogP contribution in [-0.4, -0.2) is 19.1 Å². The lowest BCUT2D eigenvalue weighted by Crippen LogP contribution is -2.32. The Hall–Kier alpha value is -3.07. The minimum absolute atomic E-state index is 0.286. The second-order valence-electron chi connectivity index (χ2n) is 4.89. The highest BCUT2D eigenvalue weighted by atomic mass is 19.1. The Kier molecular flexibility index (Phi) is 5.15. The number of methoxy groups -OCH3 is 1. The third kappa shape index (κ3) is 4.20. The number of nitriles is 1. The zero-order valence-corrected chi connectivity index (χ0v) is 12.8. The van der Waals surface area contributed by atoms with Gasteiger partial charge < -0.3 is 15.4 Å². The van der Waals surface area contributed by atoms with Gasteiger partial charge in [-0.3, -0.25) is 4.79 Å². The smallest absolute Gasteiger partial charge is 0.246 e. The molecule has 2 N–H and O–H groups in total. The highest BCUT2D eigenvalue weighted by Crippen LogP contribution is 2.25. The second kappa shape index (κ2) is 7.27. The Morgan fingerprint density at radius 3 is 2.78 bits per heavy atom. The first-order chi connectivity index (χ1) is 11.0. The quantitative estimate of drug-likeness (QED) is 0.889. The van der Waals surface area contributed by atoms with Gasteiger partial charge in [0.15, 0.2) is 0 Å². The Bertz CT molecular complexity index is 756. The van der Waals surface area contributed by atoms with E-state index in [1.54, 1.807) is 31.2 Å². The summed E-state index contributed by atoms with van der Waals surface area (Å²) in [6, 6.07) is 12.1. The summed E-state index contributed by atoms with van der Waals surface area (Å²) in [5.74, 6) is -0.389. The molecule has 6 heteroatoms. The number of hydrogen-bond donors (Lipinski definition) is 2. The van der Waals surface area contributed by atoms with Gasteiger partial charge in [0.05, 0.1) is 24.4 Å². The molecule has 1 amide bonds. The third-order valence-corrected chi connectivity index (χ3v) is 3.19. The van der Waals surface area contributed by atoms with Crippen LogP contribution >= 0.6 is 0 Å². The molecule has 2 aromatic rings. The molecule has 0 radical (unpaired) electrons. The van der Waals surface area contributed by atoms with Crippen LogP contribution in [0.25, 0.3) is 0 Å². The molecule has 1 unspecified atom stereocenters. The number of hydrogen-bond acceptors (Lipinski definition) is 4. The molecule has 5 nitrogen and oxygen atoms in total. The number of anilines is 2. The van der Waals surface area contributed by atoms with Crippen LogP contribution in [0.1, 0.15) is 12.5 Å². The number of ether oxygens (including phenoxy) is 1. The van der Waals surface area contributed by atoms with E-state index in [2.05, 4.69) is 10.6 Å². The first-order valence-electron chi connectivity index (χ1n) is 6.94. The summed E-state index contributed by atoms with van der Waals surface area (Å²) in [5.41, 5.74) is 1.51. The molecule has 0 heterocycles. The van der Waals surface area contributed by atoms with Gasteiger partial charge in [0.25, 0.3) is 0 Å². The Morgan fingerprint density at radius 2 is 2.09 bits per heavy atom. The fourth-order valence-corrected chi connectivity index (χ4v) is 2.00. The molecule has 0 aliphatic rings. The minimum atomic E-state index is -0.583. The standard InChI is InChI=1S/C17H16FN3O2/c1-11(20-15-7-6-13(18)9-16(15)23-2)17(22)21-14-5-3-4-12(8-14)10-19/h3-9,11,20H,1-2H3,(H,21,22). The summed E-state index contributed by atoms with van der Waals surface area (Å²) in [5, 5.41) is 14.5. The highest BCUT2D eigenvalue weighted by molar-refractivity contribution is 5.96.